The van der Waals surface area contributed by atoms with Gasteiger partial charge < -0.3 is 19.7 Å². The molecule has 1 fully saturated rings. The number of rotatable bonds is 7. The number of piperidine rings is 1. The number of aryl methyl sites for hydroxylation is 1. The van der Waals surface area contributed by atoms with Crippen molar-refractivity contribution in [2.75, 3.05) is 25.0 Å². The first kappa shape index (κ1) is 26.3. The Bertz CT molecular complexity index is 977. The molecule has 0 bridgehead atoms. The van der Waals surface area contributed by atoms with Crippen molar-refractivity contribution in [2.45, 2.75) is 64.9 Å². The van der Waals surface area contributed by atoms with Crippen LogP contribution in [0.15, 0.2) is 42.5 Å². The van der Waals surface area contributed by atoms with Crippen LogP contribution in [0.3, 0.4) is 0 Å². The molecule has 6 nitrogen and oxygen atoms in total. The van der Waals surface area contributed by atoms with Crippen molar-refractivity contribution in [2.24, 2.45) is 0 Å². The molecule has 0 aromatic heterocycles. The lowest BCUT2D eigenvalue weighted by Gasteiger charge is -2.34. The zero-order valence-electron chi connectivity index (χ0n) is 20.5. The summed E-state index contributed by atoms with van der Waals surface area (Å²) >= 11 is 2.26. The highest BCUT2D eigenvalue weighted by Crippen LogP contribution is 2.32. The highest BCUT2D eigenvalue weighted by molar-refractivity contribution is 14.1. The Morgan fingerprint density at radius 2 is 1.76 bits per heavy atom. The van der Waals surface area contributed by atoms with Gasteiger partial charge in [-0.15, -0.1) is 0 Å². The highest BCUT2D eigenvalue weighted by Gasteiger charge is 2.28. The van der Waals surface area contributed by atoms with Crippen LogP contribution in [-0.4, -0.2) is 42.2 Å². The molecule has 0 spiro atoms. The molecule has 2 aromatic rings. The van der Waals surface area contributed by atoms with E-state index < -0.39 is 5.60 Å². The lowest BCUT2D eigenvalue weighted by atomic mass is 9.86. The Kier molecular flexibility index (Phi) is 9.22. The number of likely N-dealkylation sites (tertiary alicyclic amines) is 1. The van der Waals surface area contributed by atoms with E-state index >= 15 is 0 Å². The number of halogens is 1. The van der Waals surface area contributed by atoms with E-state index in [2.05, 4.69) is 47.0 Å². The lowest BCUT2D eigenvalue weighted by Crippen LogP contribution is -2.41. The maximum atomic E-state index is 12.4. The SMILES string of the molecule is Cc1ccc(NC(=O)CCCOc2ccc(I)cc2)cc1C1CCN(C(=O)OC(C)(C)C)CC1. The number of carbonyl (C=O) groups is 2. The van der Waals surface area contributed by atoms with Crippen LogP contribution in [-0.2, 0) is 9.53 Å². The van der Waals surface area contributed by atoms with Gasteiger partial charge in [0.05, 0.1) is 6.61 Å². The summed E-state index contributed by atoms with van der Waals surface area (Å²) in [6, 6.07) is 14.0. The van der Waals surface area contributed by atoms with Crippen LogP contribution in [0.2, 0.25) is 0 Å². The van der Waals surface area contributed by atoms with E-state index in [0.717, 1.165) is 27.8 Å². The molecule has 7 heteroatoms. The van der Waals surface area contributed by atoms with Gasteiger partial charge in [0, 0.05) is 28.8 Å². The zero-order chi connectivity index (χ0) is 24.7. The first-order chi connectivity index (χ1) is 16.1. The number of benzene rings is 2. The Morgan fingerprint density at radius 3 is 2.41 bits per heavy atom. The molecular formula is C27H35IN2O4. The van der Waals surface area contributed by atoms with Gasteiger partial charge in [-0.25, -0.2) is 4.79 Å². The summed E-state index contributed by atoms with van der Waals surface area (Å²) < 4.78 is 12.4. The normalized spacial score (nSPS) is 14.6. The van der Waals surface area contributed by atoms with E-state index in [9.17, 15) is 9.59 Å². The fourth-order valence-corrected chi connectivity index (χ4v) is 4.39. The average molecular weight is 578 g/mol. The van der Waals surface area contributed by atoms with Crippen LogP contribution in [0.25, 0.3) is 0 Å². The van der Waals surface area contributed by atoms with Gasteiger partial charge in [-0.1, -0.05) is 6.07 Å². The monoisotopic (exact) mass is 578 g/mol. The molecule has 1 aliphatic rings. The van der Waals surface area contributed by atoms with Gasteiger partial charge in [-0.3, -0.25) is 4.79 Å². The molecular weight excluding hydrogens is 543 g/mol. The van der Waals surface area contributed by atoms with Gasteiger partial charge in [-0.2, -0.15) is 0 Å². The number of nitrogens with zero attached hydrogens (tertiary/aromatic N) is 1. The third-order valence-corrected chi connectivity index (χ3v) is 6.50. The van der Waals surface area contributed by atoms with E-state index in [1.807, 2.05) is 51.1 Å². The molecule has 0 atom stereocenters. The van der Waals surface area contributed by atoms with Gasteiger partial charge in [0.15, 0.2) is 0 Å². The second kappa shape index (κ2) is 11.9. The smallest absolute Gasteiger partial charge is 0.410 e. The number of hydrogen-bond donors (Lipinski definition) is 1. The lowest BCUT2D eigenvalue weighted by molar-refractivity contribution is -0.116. The molecule has 1 heterocycles. The molecule has 3 rings (SSSR count). The molecule has 0 aliphatic carbocycles. The van der Waals surface area contributed by atoms with Gasteiger partial charge in [0.1, 0.15) is 11.4 Å². The second-order valence-electron chi connectivity index (χ2n) is 9.77. The Labute approximate surface area is 216 Å². The fraction of sp³-hybridized carbons (Fsp3) is 0.481. The number of ether oxygens (including phenoxy) is 2. The third-order valence-electron chi connectivity index (χ3n) is 5.78. The van der Waals surface area contributed by atoms with Crippen LogP contribution in [0.1, 0.15) is 63.5 Å². The van der Waals surface area contributed by atoms with Gasteiger partial charge in [0.25, 0.3) is 0 Å². The van der Waals surface area contributed by atoms with Crippen molar-refractivity contribution in [1.29, 1.82) is 0 Å². The first-order valence-electron chi connectivity index (χ1n) is 11.9. The van der Waals surface area contributed by atoms with E-state index in [1.165, 1.54) is 11.1 Å². The summed E-state index contributed by atoms with van der Waals surface area (Å²) in [5.41, 5.74) is 2.78. The van der Waals surface area contributed by atoms with Crippen LogP contribution in [0, 0.1) is 10.5 Å². The van der Waals surface area contributed by atoms with E-state index in [4.69, 9.17) is 9.47 Å². The maximum absolute atomic E-state index is 12.4. The van der Waals surface area contributed by atoms with Gasteiger partial charge >= 0.3 is 6.09 Å². The Hall–Kier alpha value is -2.29. The predicted molar refractivity (Wildman–Crippen MR) is 143 cm³/mol. The summed E-state index contributed by atoms with van der Waals surface area (Å²) in [4.78, 5) is 26.6. The number of nitrogens with one attached hydrogen (secondary N) is 1. The molecule has 1 aliphatic heterocycles. The number of anilines is 1. The summed E-state index contributed by atoms with van der Waals surface area (Å²) in [7, 11) is 0. The Balaban J connectivity index is 1.47. The maximum Gasteiger partial charge on any atom is 0.410 e. The van der Waals surface area contributed by atoms with Crippen LogP contribution >= 0.6 is 22.6 Å². The minimum atomic E-state index is -0.483. The molecule has 34 heavy (non-hydrogen) atoms. The number of amides is 2. The topological polar surface area (TPSA) is 67.9 Å². The molecule has 0 saturated carbocycles. The fourth-order valence-electron chi connectivity index (χ4n) is 4.03. The highest BCUT2D eigenvalue weighted by atomic mass is 127. The summed E-state index contributed by atoms with van der Waals surface area (Å²) in [6.07, 6.45) is 2.58. The van der Waals surface area contributed by atoms with Crippen LogP contribution in [0.4, 0.5) is 10.5 Å². The molecule has 2 aromatic carbocycles. The molecule has 0 radical (unpaired) electrons. The first-order valence-corrected chi connectivity index (χ1v) is 13.0. The number of hydrogen-bond acceptors (Lipinski definition) is 4. The quantitative estimate of drug-likeness (QED) is 0.301. The van der Waals surface area contributed by atoms with Gasteiger partial charge in [-0.05, 0) is 123 Å². The van der Waals surface area contributed by atoms with E-state index in [0.29, 0.717) is 38.5 Å². The predicted octanol–water partition coefficient (Wildman–Crippen LogP) is 6.51. The van der Waals surface area contributed by atoms with Crippen molar-refractivity contribution >= 4 is 40.3 Å². The molecule has 1 saturated heterocycles. The Morgan fingerprint density at radius 1 is 1.09 bits per heavy atom. The second-order valence-corrected chi connectivity index (χ2v) is 11.0. The summed E-state index contributed by atoms with van der Waals surface area (Å²) in [6.45, 7) is 9.62. The number of carbonyl (C=O) groups excluding carboxylic acids is 2. The van der Waals surface area contributed by atoms with Crippen molar-refractivity contribution in [3.63, 3.8) is 0 Å². The summed E-state index contributed by atoms with van der Waals surface area (Å²) in [5, 5.41) is 3.03. The van der Waals surface area contributed by atoms with Crippen molar-refractivity contribution in [1.82, 2.24) is 4.90 Å². The average Bonchev–Trinajstić information content (AvgIpc) is 2.78. The van der Waals surface area contributed by atoms with Crippen molar-refractivity contribution in [3.8, 4) is 5.75 Å². The van der Waals surface area contributed by atoms with E-state index in [1.54, 1.807) is 4.90 Å². The molecule has 184 valence electrons. The minimum absolute atomic E-state index is 0.0132. The van der Waals surface area contributed by atoms with Crippen LogP contribution in [0.5, 0.6) is 5.75 Å². The molecule has 2 amide bonds. The van der Waals surface area contributed by atoms with Gasteiger partial charge in [0.2, 0.25) is 5.91 Å². The molecule has 0 unspecified atom stereocenters. The van der Waals surface area contributed by atoms with E-state index in [-0.39, 0.29) is 12.0 Å². The minimum Gasteiger partial charge on any atom is -0.494 e. The third kappa shape index (κ3) is 8.18. The standard InChI is InChI=1S/C27H35IN2O4/c1-19-7-10-22(29-25(31)6-5-17-33-23-11-8-21(28)9-12-23)18-24(19)20-13-15-30(16-14-20)26(32)34-27(2,3)4/h7-12,18,20H,5-6,13-17H2,1-4H3,(H,29,31). The zero-order valence-corrected chi connectivity index (χ0v) is 22.7. The molecule has 1 N–H and O–H groups in total. The summed E-state index contributed by atoms with van der Waals surface area (Å²) in [5.74, 6) is 1.17. The largest absolute Gasteiger partial charge is 0.494 e. The van der Waals surface area contributed by atoms with Crippen molar-refractivity contribution < 1.29 is 19.1 Å². The van der Waals surface area contributed by atoms with Crippen molar-refractivity contribution in [3.05, 3.63) is 57.2 Å². The van der Waals surface area contributed by atoms with Crippen LogP contribution < -0.4 is 10.1 Å².